The van der Waals surface area contributed by atoms with Crippen molar-refractivity contribution >= 4 is 27.5 Å². The van der Waals surface area contributed by atoms with Crippen molar-refractivity contribution < 1.29 is 9.84 Å². The van der Waals surface area contributed by atoms with E-state index in [4.69, 9.17) is 16.3 Å². The van der Waals surface area contributed by atoms with Crippen LogP contribution in [0.3, 0.4) is 0 Å². The molecule has 0 radical (unpaired) electrons. The molecule has 0 aliphatic heterocycles. The second kappa shape index (κ2) is 5.22. The van der Waals surface area contributed by atoms with Crippen molar-refractivity contribution in [3.05, 3.63) is 33.5 Å². The van der Waals surface area contributed by atoms with Crippen molar-refractivity contribution in [1.29, 1.82) is 0 Å². The first-order valence-electron chi connectivity index (χ1n) is 6.20. The minimum Gasteiger partial charge on any atom is -0.504 e. The lowest BCUT2D eigenvalue weighted by Crippen LogP contribution is -1.97. The van der Waals surface area contributed by atoms with E-state index in [-0.39, 0.29) is 5.75 Å². The maximum atomic E-state index is 9.63. The predicted molar refractivity (Wildman–Crippen MR) is 80.4 cm³/mol. The molecule has 4 nitrogen and oxygen atoms in total. The van der Waals surface area contributed by atoms with E-state index >= 15 is 0 Å². The quantitative estimate of drug-likeness (QED) is 0.840. The van der Waals surface area contributed by atoms with Crippen molar-refractivity contribution in [3.8, 4) is 22.9 Å². The Morgan fingerprint density at radius 3 is 2.75 bits per heavy atom. The van der Waals surface area contributed by atoms with Gasteiger partial charge in [-0.05, 0) is 47.0 Å². The van der Waals surface area contributed by atoms with Crippen LogP contribution in [0.5, 0.6) is 11.5 Å². The Hall–Kier alpha value is -1.33. The molecular formula is C14H12BrClN2O2. The standard InChI is InChI=1S/C14H12BrClN2O2/c1-20-10-6-8(4-5-9(10)19)14-17-12(7-2-3-7)11(15)13(16)18-14/h4-7,19H,2-3H2,1H3. The number of hydrogen-bond donors (Lipinski definition) is 1. The molecule has 0 amide bonds. The number of ether oxygens (including phenoxy) is 1. The second-order valence-electron chi connectivity index (χ2n) is 4.70. The van der Waals surface area contributed by atoms with Gasteiger partial charge in [-0.15, -0.1) is 0 Å². The zero-order valence-electron chi connectivity index (χ0n) is 10.7. The van der Waals surface area contributed by atoms with Crippen molar-refractivity contribution in [1.82, 2.24) is 9.97 Å². The molecule has 0 bridgehead atoms. The highest BCUT2D eigenvalue weighted by atomic mass is 79.9. The molecule has 0 atom stereocenters. The minimum absolute atomic E-state index is 0.0851. The van der Waals surface area contributed by atoms with Gasteiger partial charge in [0.2, 0.25) is 0 Å². The molecule has 1 saturated carbocycles. The summed E-state index contributed by atoms with van der Waals surface area (Å²) in [6, 6.07) is 5.00. The number of hydrogen-bond acceptors (Lipinski definition) is 4. The summed E-state index contributed by atoms with van der Waals surface area (Å²) in [7, 11) is 1.50. The first-order chi connectivity index (χ1) is 9.60. The Bertz CT molecular complexity index is 674. The van der Waals surface area contributed by atoms with Gasteiger partial charge in [-0.25, -0.2) is 9.97 Å². The molecular weight excluding hydrogens is 344 g/mol. The zero-order valence-corrected chi connectivity index (χ0v) is 13.1. The molecule has 0 saturated heterocycles. The van der Waals surface area contributed by atoms with E-state index < -0.39 is 0 Å². The van der Waals surface area contributed by atoms with Crippen LogP contribution in [0.25, 0.3) is 11.4 Å². The molecule has 1 heterocycles. The van der Waals surface area contributed by atoms with Crippen molar-refractivity contribution in [2.45, 2.75) is 18.8 Å². The normalized spacial score (nSPS) is 14.3. The first kappa shape index (κ1) is 13.6. The number of methoxy groups -OCH3 is 1. The number of nitrogens with zero attached hydrogens (tertiary/aromatic N) is 2. The minimum atomic E-state index is 0.0851. The maximum absolute atomic E-state index is 9.63. The highest BCUT2D eigenvalue weighted by Gasteiger charge is 2.29. The average molecular weight is 356 g/mol. The van der Waals surface area contributed by atoms with Gasteiger partial charge in [0.25, 0.3) is 0 Å². The number of aromatic hydroxyl groups is 1. The van der Waals surface area contributed by atoms with Gasteiger partial charge >= 0.3 is 0 Å². The molecule has 0 unspecified atom stereocenters. The van der Waals surface area contributed by atoms with Gasteiger partial charge in [0.1, 0.15) is 5.15 Å². The molecule has 1 aromatic heterocycles. The van der Waals surface area contributed by atoms with E-state index in [0.717, 1.165) is 28.6 Å². The van der Waals surface area contributed by atoms with Crippen LogP contribution in [0.2, 0.25) is 5.15 Å². The molecule has 1 fully saturated rings. The van der Waals surface area contributed by atoms with Crippen LogP contribution < -0.4 is 4.74 Å². The Kier molecular flexibility index (Phi) is 3.56. The lowest BCUT2D eigenvalue weighted by atomic mass is 10.1. The lowest BCUT2D eigenvalue weighted by molar-refractivity contribution is 0.373. The van der Waals surface area contributed by atoms with E-state index in [1.54, 1.807) is 18.2 Å². The summed E-state index contributed by atoms with van der Waals surface area (Å²) in [5, 5.41) is 10.0. The van der Waals surface area contributed by atoms with Crippen LogP contribution in [0.4, 0.5) is 0 Å². The fraction of sp³-hybridized carbons (Fsp3) is 0.286. The SMILES string of the molecule is COc1cc(-c2nc(Cl)c(Br)c(C3CC3)n2)ccc1O. The summed E-state index contributed by atoms with van der Waals surface area (Å²) >= 11 is 9.61. The monoisotopic (exact) mass is 354 g/mol. The fourth-order valence-corrected chi connectivity index (χ4v) is 2.69. The fourth-order valence-electron chi connectivity index (χ4n) is 2.01. The molecule has 1 aliphatic carbocycles. The van der Waals surface area contributed by atoms with E-state index in [1.165, 1.54) is 7.11 Å². The summed E-state index contributed by atoms with van der Waals surface area (Å²) in [6.07, 6.45) is 2.26. The van der Waals surface area contributed by atoms with E-state index in [0.29, 0.717) is 22.6 Å². The molecule has 0 spiro atoms. The van der Waals surface area contributed by atoms with Gasteiger partial charge in [0.05, 0.1) is 17.3 Å². The third kappa shape index (κ3) is 2.47. The number of benzene rings is 1. The van der Waals surface area contributed by atoms with Crippen LogP contribution in [0, 0.1) is 0 Å². The van der Waals surface area contributed by atoms with Gasteiger partial charge < -0.3 is 9.84 Å². The molecule has 1 aromatic carbocycles. The van der Waals surface area contributed by atoms with Gasteiger partial charge in [-0.3, -0.25) is 0 Å². The average Bonchev–Trinajstić information content (AvgIpc) is 3.27. The molecule has 2 aromatic rings. The van der Waals surface area contributed by atoms with Crippen LogP contribution in [-0.2, 0) is 0 Å². The van der Waals surface area contributed by atoms with Crippen LogP contribution >= 0.6 is 27.5 Å². The molecule has 6 heteroatoms. The number of rotatable bonds is 3. The highest BCUT2D eigenvalue weighted by molar-refractivity contribution is 9.10. The van der Waals surface area contributed by atoms with E-state index in [2.05, 4.69) is 25.9 Å². The van der Waals surface area contributed by atoms with Crippen LogP contribution in [-0.4, -0.2) is 22.2 Å². The molecule has 1 N–H and O–H groups in total. The number of phenols is 1. The first-order valence-corrected chi connectivity index (χ1v) is 7.37. The smallest absolute Gasteiger partial charge is 0.161 e. The molecule has 104 valence electrons. The van der Waals surface area contributed by atoms with Crippen molar-refractivity contribution in [2.24, 2.45) is 0 Å². The zero-order chi connectivity index (χ0) is 14.3. The Labute approximate surface area is 129 Å². The third-order valence-corrected chi connectivity index (χ3v) is 4.52. The van der Waals surface area contributed by atoms with Gasteiger partial charge in [0.15, 0.2) is 17.3 Å². The number of halogens is 2. The van der Waals surface area contributed by atoms with Crippen molar-refractivity contribution in [2.75, 3.05) is 7.11 Å². The number of phenolic OH excluding ortho intramolecular Hbond substituents is 1. The van der Waals surface area contributed by atoms with E-state index in [1.807, 2.05) is 0 Å². The van der Waals surface area contributed by atoms with Gasteiger partial charge in [0, 0.05) is 11.5 Å². The Morgan fingerprint density at radius 1 is 1.35 bits per heavy atom. The van der Waals surface area contributed by atoms with Crippen molar-refractivity contribution in [3.63, 3.8) is 0 Å². The van der Waals surface area contributed by atoms with Gasteiger partial charge in [-0.2, -0.15) is 0 Å². The number of aromatic nitrogens is 2. The van der Waals surface area contributed by atoms with Crippen LogP contribution in [0.1, 0.15) is 24.5 Å². The summed E-state index contributed by atoms with van der Waals surface area (Å²) in [4.78, 5) is 8.88. The Balaban J connectivity index is 2.10. The summed E-state index contributed by atoms with van der Waals surface area (Å²) in [6.45, 7) is 0. The largest absolute Gasteiger partial charge is 0.504 e. The van der Waals surface area contributed by atoms with Gasteiger partial charge in [-0.1, -0.05) is 11.6 Å². The topological polar surface area (TPSA) is 55.2 Å². The summed E-state index contributed by atoms with van der Waals surface area (Å²) in [5.41, 5.74) is 1.71. The van der Waals surface area contributed by atoms with E-state index in [9.17, 15) is 5.11 Å². The Morgan fingerprint density at radius 2 is 2.10 bits per heavy atom. The molecule has 20 heavy (non-hydrogen) atoms. The summed E-state index contributed by atoms with van der Waals surface area (Å²) < 4.78 is 5.88. The molecule has 3 rings (SSSR count). The lowest BCUT2D eigenvalue weighted by Gasteiger charge is -2.09. The highest BCUT2D eigenvalue weighted by Crippen LogP contribution is 2.44. The maximum Gasteiger partial charge on any atom is 0.161 e. The molecule has 1 aliphatic rings. The predicted octanol–water partition coefficient (Wildman–Crippen LogP) is 4.15. The summed E-state index contributed by atoms with van der Waals surface area (Å²) in [5.74, 6) is 1.47. The van der Waals surface area contributed by atoms with Crippen LogP contribution in [0.15, 0.2) is 22.7 Å². The second-order valence-corrected chi connectivity index (χ2v) is 5.85. The third-order valence-electron chi connectivity index (χ3n) is 3.24.